The Balaban J connectivity index is 1.72. The summed E-state index contributed by atoms with van der Waals surface area (Å²) in [6.45, 7) is 0.791. The Kier molecular flexibility index (Phi) is 4.59. The third kappa shape index (κ3) is 3.41. The first-order valence-corrected chi connectivity index (χ1v) is 9.16. The van der Waals surface area contributed by atoms with Gasteiger partial charge in [-0.3, -0.25) is 4.98 Å². The van der Waals surface area contributed by atoms with E-state index in [0.717, 1.165) is 40.8 Å². The third-order valence-electron chi connectivity index (χ3n) is 4.03. The van der Waals surface area contributed by atoms with Crippen LogP contribution in [0.2, 0.25) is 0 Å². The highest BCUT2D eigenvalue weighted by Gasteiger charge is 2.10. The lowest BCUT2D eigenvalue weighted by atomic mass is 10.1. The highest BCUT2D eigenvalue weighted by molar-refractivity contribution is 7.09. The first kappa shape index (κ1) is 16.2. The van der Waals surface area contributed by atoms with Crippen LogP contribution in [0.25, 0.3) is 22.3 Å². The molecule has 1 aromatic carbocycles. The minimum absolute atomic E-state index is 0.651. The van der Waals surface area contributed by atoms with E-state index in [1.807, 2.05) is 30.3 Å². The van der Waals surface area contributed by atoms with Crippen molar-refractivity contribution in [3.63, 3.8) is 0 Å². The minimum atomic E-state index is 0.651. The van der Waals surface area contributed by atoms with Crippen LogP contribution in [0.5, 0.6) is 0 Å². The topological polar surface area (TPSA) is 50.7 Å². The Morgan fingerprint density at radius 3 is 2.85 bits per heavy atom. The molecular formula is C21H16N4S. The van der Waals surface area contributed by atoms with Crippen LogP contribution in [0.4, 0.5) is 5.82 Å². The Morgan fingerprint density at radius 2 is 2.08 bits per heavy atom. The van der Waals surface area contributed by atoms with Crippen molar-refractivity contribution < 1.29 is 0 Å². The zero-order valence-corrected chi connectivity index (χ0v) is 14.8. The fraction of sp³-hybridized carbons (Fsp3) is 0.0952. The van der Waals surface area contributed by atoms with Crippen molar-refractivity contribution in [2.24, 2.45) is 0 Å². The third-order valence-corrected chi connectivity index (χ3v) is 4.96. The van der Waals surface area contributed by atoms with Gasteiger partial charge < -0.3 is 5.32 Å². The van der Waals surface area contributed by atoms with Crippen molar-refractivity contribution in [3.05, 3.63) is 70.7 Å². The van der Waals surface area contributed by atoms with Gasteiger partial charge in [-0.1, -0.05) is 12.0 Å². The van der Waals surface area contributed by atoms with E-state index in [-0.39, 0.29) is 0 Å². The van der Waals surface area contributed by atoms with E-state index in [9.17, 15) is 0 Å². The number of nitrogens with one attached hydrogen (secondary N) is 1. The predicted molar refractivity (Wildman–Crippen MR) is 107 cm³/mol. The van der Waals surface area contributed by atoms with Crippen molar-refractivity contribution in [2.75, 3.05) is 11.9 Å². The number of nitrogens with zero attached hydrogens (tertiary/aromatic N) is 3. The van der Waals surface area contributed by atoms with Crippen molar-refractivity contribution in [1.82, 2.24) is 15.0 Å². The highest BCUT2D eigenvalue weighted by Crippen LogP contribution is 2.25. The monoisotopic (exact) mass is 356 g/mol. The maximum absolute atomic E-state index is 5.56. The van der Waals surface area contributed by atoms with Crippen LogP contribution in [0.15, 0.2) is 60.2 Å². The summed E-state index contributed by atoms with van der Waals surface area (Å²) in [6, 6.07) is 13.8. The normalized spacial score (nSPS) is 10.6. The molecule has 126 valence electrons. The van der Waals surface area contributed by atoms with E-state index in [2.05, 4.69) is 38.7 Å². The SMILES string of the molecule is C#Cc1ccc2nc(-c3cccnc3)nc(NCCc3cccs3)c2c1. The maximum atomic E-state index is 5.56. The summed E-state index contributed by atoms with van der Waals surface area (Å²) in [4.78, 5) is 14.9. The second-order valence-electron chi connectivity index (χ2n) is 5.77. The number of hydrogen-bond acceptors (Lipinski definition) is 5. The second-order valence-corrected chi connectivity index (χ2v) is 6.80. The molecule has 0 saturated heterocycles. The Hall–Kier alpha value is -3.23. The van der Waals surface area contributed by atoms with Crippen molar-refractivity contribution in [2.45, 2.75) is 6.42 Å². The van der Waals surface area contributed by atoms with E-state index in [4.69, 9.17) is 11.4 Å². The first-order chi connectivity index (χ1) is 12.8. The zero-order valence-electron chi connectivity index (χ0n) is 14.0. The number of anilines is 1. The largest absolute Gasteiger partial charge is 0.369 e. The van der Waals surface area contributed by atoms with Gasteiger partial charge in [-0.25, -0.2) is 9.97 Å². The van der Waals surface area contributed by atoms with Gasteiger partial charge in [0.15, 0.2) is 5.82 Å². The van der Waals surface area contributed by atoms with Crippen LogP contribution < -0.4 is 5.32 Å². The molecule has 0 radical (unpaired) electrons. The lowest BCUT2D eigenvalue weighted by Crippen LogP contribution is -2.07. The highest BCUT2D eigenvalue weighted by atomic mass is 32.1. The Morgan fingerprint density at radius 1 is 1.12 bits per heavy atom. The molecule has 0 fully saturated rings. The van der Waals surface area contributed by atoms with Crippen LogP contribution in [-0.2, 0) is 6.42 Å². The van der Waals surface area contributed by atoms with Gasteiger partial charge in [-0.2, -0.15) is 0 Å². The smallest absolute Gasteiger partial charge is 0.163 e. The van der Waals surface area contributed by atoms with Crippen LogP contribution in [0.3, 0.4) is 0 Å². The molecule has 4 nitrogen and oxygen atoms in total. The first-order valence-electron chi connectivity index (χ1n) is 8.28. The fourth-order valence-electron chi connectivity index (χ4n) is 2.74. The molecule has 0 spiro atoms. The van der Waals surface area contributed by atoms with Crippen molar-refractivity contribution in [3.8, 4) is 23.7 Å². The number of benzene rings is 1. The van der Waals surface area contributed by atoms with Gasteiger partial charge in [0.2, 0.25) is 0 Å². The standard InChI is InChI=1S/C21H16N4S/c1-2-15-7-8-19-18(13-15)21(23-11-9-17-6-4-12-26-17)25-20(24-19)16-5-3-10-22-14-16/h1,3-8,10,12-14H,9,11H2,(H,23,24,25). The molecule has 0 amide bonds. The molecule has 0 unspecified atom stereocenters. The molecule has 26 heavy (non-hydrogen) atoms. The van der Waals surface area contributed by atoms with E-state index in [0.29, 0.717) is 5.82 Å². The summed E-state index contributed by atoms with van der Waals surface area (Å²) < 4.78 is 0. The second kappa shape index (κ2) is 7.34. The van der Waals surface area contributed by atoms with E-state index >= 15 is 0 Å². The van der Waals surface area contributed by atoms with Gasteiger partial charge in [0, 0.05) is 40.3 Å². The average molecular weight is 356 g/mol. The van der Waals surface area contributed by atoms with Crippen LogP contribution >= 0.6 is 11.3 Å². The van der Waals surface area contributed by atoms with Crippen molar-refractivity contribution in [1.29, 1.82) is 0 Å². The number of pyridine rings is 1. The predicted octanol–water partition coefficient (Wildman–Crippen LogP) is 4.39. The molecule has 3 heterocycles. The molecule has 4 aromatic rings. The number of hydrogen-bond donors (Lipinski definition) is 1. The molecule has 0 aliphatic heterocycles. The Labute approximate surface area is 156 Å². The van der Waals surface area contributed by atoms with Crippen molar-refractivity contribution >= 4 is 28.1 Å². The number of thiophene rings is 1. The van der Waals surface area contributed by atoms with Gasteiger partial charge >= 0.3 is 0 Å². The summed E-state index contributed by atoms with van der Waals surface area (Å²) in [7, 11) is 0. The maximum Gasteiger partial charge on any atom is 0.163 e. The number of rotatable bonds is 5. The van der Waals surface area contributed by atoms with E-state index in [1.165, 1.54) is 4.88 Å². The minimum Gasteiger partial charge on any atom is -0.369 e. The summed E-state index contributed by atoms with van der Waals surface area (Å²) in [5.74, 6) is 4.12. The van der Waals surface area contributed by atoms with Gasteiger partial charge in [0.25, 0.3) is 0 Å². The molecule has 3 aromatic heterocycles. The number of aromatic nitrogens is 3. The lowest BCUT2D eigenvalue weighted by molar-refractivity contribution is 1.03. The van der Waals surface area contributed by atoms with Gasteiger partial charge in [0.1, 0.15) is 5.82 Å². The number of terminal acetylenes is 1. The summed E-state index contributed by atoms with van der Waals surface area (Å²) in [5, 5.41) is 6.48. The summed E-state index contributed by atoms with van der Waals surface area (Å²) in [6.07, 6.45) is 10.0. The quantitative estimate of drug-likeness (QED) is 0.539. The molecular weight excluding hydrogens is 340 g/mol. The van der Waals surface area contributed by atoms with Gasteiger partial charge in [-0.05, 0) is 48.2 Å². The Bertz CT molecular complexity index is 1070. The van der Waals surface area contributed by atoms with Crippen LogP contribution in [0, 0.1) is 12.3 Å². The zero-order chi connectivity index (χ0) is 17.8. The molecule has 5 heteroatoms. The number of fused-ring (bicyclic) bond motifs is 1. The molecule has 0 bridgehead atoms. The molecule has 0 atom stereocenters. The van der Waals surface area contributed by atoms with Gasteiger partial charge in [-0.15, -0.1) is 17.8 Å². The molecule has 4 rings (SSSR count). The molecule has 0 aliphatic carbocycles. The molecule has 0 saturated carbocycles. The average Bonchev–Trinajstić information content (AvgIpc) is 3.21. The summed E-state index contributed by atoms with van der Waals surface area (Å²) in [5.41, 5.74) is 2.56. The van der Waals surface area contributed by atoms with Gasteiger partial charge in [0.05, 0.1) is 5.52 Å². The summed E-state index contributed by atoms with van der Waals surface area (Å²) >= 11 is 1.76. The fourth-order valence-corrected chi connectivity index (χ4v) is 3.45. The van der Waals surface area contributed by atoms with E-state index in [1.54, 1.807) is 23.7 Å². The van der Waals surface area contributed by atoms with Crippen LogP contribution in [0.1, 0.15) is 10.4 Å². The molecule has 1 N–H and O–H groups in total. The lowest BCUT2D eigenvalue weighted by Gasteiger charge is -2.11. The van der Waals surface area contributed by atoms with Crippen LogP contribution in [-0.4, -0.2) is 21.5 Å². The molecule has 0 aliphatic rings. The van der Waals surface area contributed by atoms with E-state index < -0.39 is 0 Å².